The van der Waals surface area contributed by atoms with Crippen LogP contribution in [0.25, 0.3) is 0 Å². The van der Waals surface area contributed by atoms with Crippen molar-refractivity contribution < 1.29 is 0 Å². The molecule has 3 aliphatic carbocycles. The average Bonchev–Trinajstić information content (AvgIpc) is 3.11. The lowest BCUT2D eigenvalue weighted by atomic mass is 9.58. The van der Waals surface area contributed by atoms with E-state index in [2.05, 4.69) is 20.8 Å². The van der Waals surface area contributed by atoms with Gasteiger partial charge in [-0.2, -0.15) is 0 Å². The summed E-state index contributed by atoms with van der Waals surface area (Å²) in [6.07, 6.45) is 54.7. The Morgan fingerprint density at radius 1 is 0.449 bits per heavy atom. The monoisotopic (exact) mass is 684 g/mol. The predicted octanol–water partition coefficient (Wildman–Crippen LogP) is 16.2. The van der Waals surface area contributed by atoms with Crippen LogP contribution in [0.5, 0.6) is 0 Å². The molecule has 3 rings (SSSR count). The summed E-state index contributed by atoms with van der Waals surface area (Å²) in [5.74, 6) is 5.51. The molecule has 49 heavy (non-hydrogen) atoms. The zero-order valence-corrected chi connectivity index (χ0v) is 34.4. The van der Waals surface area contributed by atoms with Crippen LogP contribution in [0.15, 0.2) is 0 Å². The van der Waals surface area contributed by atoms with Gasteiger partial charge in [0.2, 0.25) is 0 Å². The molecular weight excluding hydrogens is 591 g/mol. The van der Waals surface area contributed by atoms with Crippen molar-refractivity contribution >= 4 is 0 Å². The summed E-state index contributed by atoms with van der Waals surface area (Å²) in [6, 6.07) is 0. The zero-order valence-electron chi connectivity index (χ0n) is 34.4. The van der Waals surface area contributed by atoms with Crippen LogP contribution in [-0.2, 0) is 0 Å². The van der Waals surface area contributed by atoms with Crippen LogP contribution >= 0.6 is 0 Å². The van der Waals surface area contributed by atoms with E-state index < -0.39 is 0 Å². The van der Waals surface area contributed by atoms with E-state index in [1.807, 2.05) is 0 Å². The molecule has 5 unspecified atom stereocenters. The third-order valence-electron chi connectivity index (χ3n) is 15.2. The molecule has 2 N–H and O–H groups in total. The first-order chi connectivity index (χ1) is 24.2. The fraction of sp³-hybridized carbons (Fsp3) is 1.00. The summed E-state index contributed by atoms with van der Waals surface area (Å²) in [5.41, 5.74) is 7.48. The summed E-state index contributed by atoms with van der Waals surface area (Å²) in [6.45, 7) is 8.51. The van der Waals surface area contributed by atoms with Gasteiger partial charge in [-0.05, 0) is 79.6 Å². The highest BCUT2D eigenvalue weighted by molar-refractivity contribution is 4.93. The molecule has 3 saturated carbocycles. The van der Waals surface area contributed by atoms with Gasteiger partial charge in [0, 0.05) is 0 Å². The molecule has 0 aromatic carbocycles. The van der Waals surface area contributed by atoms with Gasteiger partial charge in [-0.3, -0.25) is 0 Å². The minimum atomic E-state index is 0.537. The largest absolute Gasteiger partial charge is 0.330 e. The summed E-state index contributed by atoms with van der Waals surface area (Å²) in [4.78, 5) is 0. The molecule has 0 aliphatic heterocycles. The maximum Gasteiger partial charge on any atom is -0.00409 e. The first-order valence-corrected chi connectivity index (χ1v) is 23.9. The number of rotatable bonds is 12. The summed E-state index contributed by atoms with van der Waals surface area (Å²) >= 11 is 0. The Morgan fingerprint density at radius 2 is 0.796 bits per heavy atom. The topological polar surface area (TPSA) is 26.0 Å². The lowest BCUT2D eigenvalue weighted by molar-refractivity contribution is 0.0358. The summed E-state index contributed by atoms with van der Waals surface area (Å²) in [7, 11) is 0. The molecule has 3 fully saturated rings. The highest BCUT2D eigenvalue weighted by Gasteiger charge is 2.42. The van der Waals surface area contributed by atoms with Gasteiger partial charge in [0.25, 0.3) is 0 Å². The second-order valence-corrected chi connectivity index (χ2v) is 18.6. The Balaban J connectivity index is 1.60. The second kappa shape index (κ2) is 27.5. The third kappa shape index (κ3) is 17.1. The molecule has 6 atom stereocenters. The Bertz CT molecular complexity index is 727. The van der Waals surface area contributed by atoms with Crippen LogP contribution in [0, 0.1) is 40.9 Å². The van der Waals surface area contributed by atoms with Crippen molar-refractivity contribution in [2.75, 3.05) is 6.54 Å². The molecular formula is C48H93N. The lowest BCUT2D eigenvalue weighted by Crippen LogP contribution is -2.42. The molecule has 0 amide bonds. The molecule has 3 aliphatic rings. The van der Waals surface area contributed by atoms with Crippen LogP contribution in [0.3, 0.4) is 0 Å². The number of hydrogen-bond donors (Lipinski definition) is 1. The first-order valence-electron chi connectivity index (χ1n) is 23.9. The smallest absolute Gasteiger partial charge is 0.00409 e. The molecule has 290 valence electrons. The molecule has 1 heteroatoms. The SMILES string of the molecule is CCC(CCCC(CC)C[C@@H]1CCCCCCCCCCC1CC)CC1CCCCCC2(CCCCCCCCCCCCCC2)C1CN. The van der Waals surface area contributed by atoms with E-state index in [0.717, 1.165) is 42.1 Å². The van der Waals surface area contributed by atoms with Crippen molar-refractivity contribution in [3.05, 3.63) is 0 Å². The molecule has 0 aromatic rings. The Kier molecular flexibility index (Phi) is 24.4. The van der Waals surface area contributed by atoms with E-state index in [0.29, 0.717) is 5.41 Å². The molecule has 0 saturated heterocycles. The minimum Gasteiger partial charge on any atom is -0.330 e. The molecule has 0 bridgehead atoms. The van der Waals surface area contributed by atoms with Crippen LogP contribution in [0.4, 0.5) is 0 Å². The molecule has 1 spiro atoms. The van der Waals surface area contributed by atoms with E-state index in [1.165, 1.54) is 238 Å². The van der Waals surface area contributed by atoms with Gasteiger partial charge in [-0.15, -0.1) is 0 Å². The Labute approximate surface area is 310 Å². The normalized spacial score (nSPS) is 29.6. The van der Waals surface area contributed by atoms with E-state index in [9.17, 15) is 0 Å². The van der Waals surface area contributed by atoms with Crippen molar-refractivity contribution in [3.63, 3.8) is 0 Å². The molecule has 0 radical (unpaired) electrons. The van der Waals surface area contributed by atoms with Crippen molar-refractivity contribution in [2.24, 2.45) is 46.7 Å². The van der Waals surface area contributed by atoms with Crippen LogP contribution in [0.1, 0.15) is 258 Å². The van der Waals surface area contributed by atoms with Crippen LogP contribution < -0.4 is 5.73 Å². The lowest BCUT2D eigenvalue weighted by Gasteiger charge is -2.47. The van der Waals surface area contributed by atoms with Gasteiger partial charge in [0.1, 0.15) is 0 Å². The summed E-state index contributed by atoms with van der Waals surface area (Å²) in [5, 5.41) is 0. The molecule has 1 nitrogen and oxygen atoms in total. The quantitative estimate of drug-likeness (QED) is 0.218. The van der Waals surface area contributed by atoms with Crippen molar-refractivity contribution in [1.29, 1.82) is 0 Å². The van der Waals surface area contributed by atoms with E-state index in [4.69, 9.17) is 5.73 Å². The summed E-state index contributed by atoms with van der Waals surface area (Å²) < 4.78 is 0. The van der Waals surface area contributed by atoms with E-state index in [-0.39, 0.29) is 0 Å². The van der Waals surface area contributed by atoms with Crippen LogP contribution in [0.2, 0.25) is 0 Å². The van der Waals surface area contributed by atoms with E-state index in [1.54, 1.807) is 0 Å². The van der Waals surface area contributed by atoms with Gasteiger partial charge >= 0.3 is 0 Å². The van der Waals surface area contributed by atoms with Crippen LogP contribution in [-0.4, -0.2) is 6.54 Å². The fourth-order valence-corrected chi connectivity index (χ4v) is 11.9. The predicted molar refractivity (Wildman–Crippen MR) is 220 cm³/mol. The van der Waals surface area contributed by atoms with Crippen molar-refractivity contribution in [2.45, 2.75) is 258 Å². The van der Waals surface area contributed by atoms with E-state index >= 15 is 0 Å². The van der Waals surface area contributed by atoms with Gasteiger partial charge in [-0.1, -0.05) is 226 Å². The Morgan fingerprint density at radius 3 is 1.20 bits per heavy atom. The highest BCUT2D eigenvalue weighted by atomic mass is 14.6. The maximum atomic E-state index is 6.94. The highest BCUT2D eigenvalue weighted by Crippen LogP contribution is 2.51. The second-order valence-electron chi connectivity index (χ2n) is 18.6. The van der Waals surface area contributed by atoms with Crippen molar-refractivity contribution in [3.8, 4) is 0 Å². The Hall–Kier alpha value is -0.0400. The average molecular weight is 684 g/mol. The number of hydrogen-bond acceptors (Lipinski definition) is 1. The van der Waals surface area contributed by atoms with Gasteiger partial charge < -0.3 is 5.73 Å². The molecule has 0 heterocycles. The number of nitrogens with two attached hydrogens (primary N) is 1. The maximum absolute atomic E-state index is 6.94. The van der Waals surface area contributed by atoms with Crippen molar-refractivity contribution in [1.82, 2.24) is 0 Å². The van der Waals surface area contributed by atoms with Gasteiger partial charge in [0.15, 0.2) is 0 Å². The fourth-order valence-electron chi connectivity index (χ4n) is 11.9. The third-order valence-corrected chi connectivity index (χ3v) is 15.2. The zero-order chi connectivity index (χ0) is 34.8. The first kappa shape index (κ1) is 43.4. The minimum absolute atomic E-state index is 0.537. The standard InChI is InChI=1S/C48H93N/c1-4-42(39-45-34-25-20-16-12-11-15-19-24-33-44(45)6-3)31-30-32-43(5-2)40-46-35-26-23-29-38-48(47(46)41-49)36-27-21-17-13-9-7-8-10-14-18-22-28-37-48/h42-47H,4-41,49H2,1-3H3/t42?,43?,44?,45-,46?,47?/m0/s1. The van der Waals surface area contributed by atoms with Gasteiger partial charge in [-0.25, -0.2) is 0 Å². The van der Waals surface area contributed by atoms with Gasteiger partial charge in [0.05, 0.1) is 0 Å². The molecule has 0 aromatic heterocycles.